The Morgan fingerprint density at radius 2 is 1.86 bits per heavy atom. The first-order chi connectivity index (χ1) is 10.2. The molecule has 1 saturated heterocycles. The van der Waals surface area contributed by atoms with Crippen molar-refractivity contribution in [1.29, 1.82) is 0 Å². The van der Waals surface area contributed by atoms with E-state index in [9.17, 15) is 10.1 Å². The molecule has 0 atom stereocenters. The van der Waals surface area contributed by atoms with Crippen LogP contribution in [0.1, 0.15) is 40.5 Å². The van der Waals surface area contributed by atoms with Crippen LogP contribution in [0.25, 0.3) is 0 Å². The molecular formula is C14H19BN2O5. The van der Waals surface area contributed by atoms with Crippen LogP contribution in [0.15, 0.2) is 12.4 Å². The predicted molar refractivity (Wildman–Crippen MR) is 80.3 cm³/mol. The molecule has 1 aliphatic heterocycles. The number of hydrogen-bond donors (Lipinski definition) is 0. The molecule has 0 N–H and O–H groups in total. The lowest BCUT2D eigenvalue weighted by Crippen LogP contribution is -2.41. The predicted octanol–water partition coefficient (Wildman–Crippen LogP) is 1.83. The lowest BCUT2D eigenvalue weighted by Gasteiger charge is -2.32. The lowest BCUT2D eigenvalue weighted by atomic mass is 9.77. The van der Waals surface area contributed by atoms with Crippen LogP contribution in [0.2, 0.25) is 0 Å². The third-order valence-electron chi connectivity index (χ3n) is 4.43. The number of rotatable bonds is 4. The highest BCUT2D eigenvalue weighted by atomic mass is 16.7. The Morgan fingerprint density at radius 3 is 2.36 bits per heavy atom. The maximum absolute atomic E-state index is 11.4. The fourth-order valence-corrected chi connectivity index (χ4v) is 2.24. The van der Waals surface area contributed by atoms with Gasteiger partial charge in [-0.05, 0) is 40.5 Å². The van der Waals surface area contributed by atoms with Gasteiger partial charge in [-0.3, -0.25) is 15.1 Å². The van der Waals surface area contributed by atoms with Crippen LogP contribution in [-0.4, -0.2) is 34.3 Å². The molecule has 0 unspecified atom stereocenters. The monoisotopic (exact) mass is 306 g/mol. The molecule has 1 aromatic rings. The lowest BCUT2D eigenvalue weighted by molar-refractivity contribution is -0.384. The molecule has 118 valence electrons. The highest BCUT2D eigenvalue weighted by Crippen LogP contribution is 2.38. The number of ether oxygens (including phenoxy) is 1. The van der Waals surface area contributed by atoms with E-state index in [4.69, 9.17) is 14.0 Å². The van der Waals surface area contributed by atoms with E-state index in [1.807, 2.05) is 27.7 Å². The van der Waals surface area contributed by atoms with Gasteiger partial charge in [0.05, 0.1) is 28.4 Å². The van der Waals surface area contributed by atoms with Gasteiger partial charge in [0.1, 0.15) is 17.4 Å². The van der Waals surface area contributed by atoms with E-state index in [2.05, 4.69) is 4.98 Å². The van der Waals surface area contributed by atoms with Crippen molar-refractivity contribution in [2.75, 3.05) is 0 Å². The Hall–Kier alpha value is -1.67. The number of hydrogen-bond acceptors (Lipinski definition) is 6. The fraction of sp³-hybridized carbons (Fsp3) is 0.643. The Morgan fingerprint density at radius 1 is 1.27 bits per heavy atom. The molecule has 8 heteroatoms. The van der Waals surface area contributed by atoms with E-state index >= 15 is 0 Å². The van der Waals surface area contributed by atoms with E-state index in [-0.39, 0.29) is 11.8 Å². The largest absolute Gasteiger partial charge is 0.505 e. The minimum atomic E-state index is -0.845. The van der Waals surface area contributed by atoms with Gasteiger partial charge < -0.3 is 14.0 Å². The van der Waals surface area contributed by atoms with Gasteiger partial charge in [-0.25, -0.2) is 0 Å². The Labute approximate surface area is 129 Å². The van der Waals surface area contributed by atoms with Gasteiger partial charge in [0.2, 0.25) is 0 Å². The quantitative estimate of drug-likeness (QED) is 0.479. The van der Waals surface area contributed by atoms with E-state index in [0.29, 0.717) is 11.2 Å². The first-order valence-electron chi connectivity index (χ1n) is 7.36. The van der Waals surface area contributed by atoms with Gasteiger partial charge in [0.15, 0.2) is 0 Å². The molecule has 1 aromatic heterocycles. The van der Waals surface area contributed by atoms with Crippen LogP contribution in [0, 0.1) is 10.1 Å². The molecule has 3 rings (SSSR count). The van der Waals surface area contributed by atoms with Crippen molar-refractivity contribution in [3.8, 4) is 5.75 Å². The average Bonchev–Trinajstić information content (AvgIpc) is 3.17. The van der Waals surface area contributed by atoms with Crippen molar-refractivity contribution in [3.05, 3.63) is 22.5 Å². The molecule has 2 heterocycles. The van der Waals surface area contributed by atoms with Gasteiger partial charge in [-0.2, -0.15) is 0 Å². The van der Waals surface area contributed by atoms with Gasteiger partial charge in [0.25, 0.3) is 5.69 Å². The third kappa shape index (κ3) is 2.57. The Bertz CT molecular complexity index is 599. The molecule has 0 amide bonds. The molecule has 7 nitrogen and oxygen atoms in total. The summed E-state index contributed by atoms with van der Waals surface area (Å²) in [7, 11) is -0.845. The summed E-state index contributed by atoms with van der Waals surface area (Å²) in [6.45, 7) is 7.62. The normalized spacial score (nSPS) is 22.6. The van der Waals surface area contributed by atoms with Crippen molar-refractivity contribution in [3.63, 3.8) is 0 Å². The maximum Gasteiger partial charge on any atom is 0.505 e. The zero-order valence-electron chi connectivity index (χ0n) is 13.2. The average molecular weight is 306 g/mol. The first-order valence-corrected chi connectivity index (χ1v) is 7.36. The van der Waals surface area contributed by atoms with E-state index in [0.717, 1.165) is 12.8 Å². The van der Waals surface area contributed by atoms with Gasteiger partial charge >= 0.3 is 7.12 Å². The van der Waals surface area contributed by atoms with Crippen molar-refractivity contribution < 1.29 is 19.0 Å². The summed E-state index contributed by atoms with van der Waals surface area (Å²) in [5, 5.41) is 11.4. The second-order valence-electron chi connectivity index (χ2n) is 6.73. The molecular weight excluding hydrogens is 287 g/mol. The highest BCUT2D eigenvalue weighted by Gasteiger charge is 2.54. The number of pyridine rings is 1. The van der Waals surface area contributed by atoms with Crippen molar-refractivity contribution in [2.24, 2.45) is 0 Å². The SMILES string of the molecule is CC1(C)OB(c2c(OC3CC3)cncc2[N+](=O)[O-])OC1(C)C. The van der Waals surface area contributed by atoms with E-state index in [1.165, 1.54) is 12.4 Å². The van der Waals surface area contributed by atoms with Crippen LogP contribution >= 0.6 is 0 Å². The summed E-state index contributed by atoms with van der Waals surface area (Å²) in [6.07, 6.45) is 4.70. The fourth-order valence-electron chi connectivity index (χ4n) is 2.24. The second-order valence-corrected chi connectivity index (χ2v) is 6.73. The molecule has 0 radical (unpaired) electrons. The molecule has 0 bridgehead atoms. The van der Waals surface area contributed by atoms with Crippen molar-refractivity contribution in [1.82, 2.24) is 4.98 Å². The maximum atomic E-state index is 11.4. The molecule has 22 heavy (non-hydrogen) atoms. The molecule has 2 fully saturated rings. The minimum absolute atomic E-state index is 0.102. The zero-order valence-corrected chi connectivity index (χ0v) is 13.2. The third-order valence-corrected chi connectivity index (χ3v) is 4.43. The zero-order chi connectivity index (χ0) is 16.1. The first kappa shape index (κ1) is 15.2. The van der Waals surface area contributed by atoms with Crippen LogP contribution < -0.4 is 10.2 Å². The van der Waals surface area contributed by atoms with Crippen molar-refractivity contribution >= 4 is 18.3 Å². The number of aromatic nitrogens is 1. The van der Waals surface area contributed by atoms with E-state index in [1.54, 1.807) is 0 Å². The summed E-state index contributed by atoms with van der Waals surface area (Å²) in [5.41, 5.74) is -0.987. The Kier molecular flexibility index (Phi) is 3.41. The van der Waals surface area contributed by atoms with Crippen LogP contribution in [0.5, 0.6) is 5.75 Å². The summed E-state index contributed by atoms with van der Waals surface area (Å²) in [6, 6.07) is 0. The standard InChI is InChI=1S/C14H19BN2O5/c1-13(2)14(3,4)22-15(21-13)12-10(17(18)19)7-16-8-11(12)20-9-5-6-9/h7-9H,5-6H2,1-4H3. The topological polar surface area (TPSA) is 83.7 Å². The molecule has 2 aliphatic rings. The molecule has 0 aromatic carbocycles. The summed E-state index contributed by atoms with van der Waals surface area (Å²) < 4.78 is 17.7. The van der Waals surface area contributed by atoms with Crippen LogP contribution in [0.3, 0.4) is 0 Å². The van der Waals surface area contributed by atoms with Gasteiger partial charge in [0, 0.05) is 0 Å². The molecule has 1 aliphatic carbocycles. The summed E-state index contributed by atoms with van der Waals surface area (Å²) >= 11 is 0. The highest BCUT2D eigenvalue weighted by molar-refractivity contribution is 6.64. The van der Waals surface area contributed by atoms with Crippen LogP contribution in [-0.2, 0) is 9.31 Å². The number of nitro groups is 1. The van der Waals surface area contributed by atoms with Gasteiger partial charge in [-0.1, -0.05) is 0 Å². The minimum Gasteiger partial charge on any atom is -0.489 e. The number of nitrogens with zero attached hydrogens (tertiary/aromatic N) is 2. The summed E-state index contributed by atoms with van der Waals surface area (Å²) in [4.78, 5) is 14.8. The Balaban J connectivity index is 2.02. The van der Waals surface area contributed by atoms with Crippen LogP contribution in [0.4, 0.5) is 5.69 Å². The smallest absolute Gasteiger partial charge is 0.489 e. The summed E-state index contributed by atoms with van der Waals surface area (Å²) in [5.74, 6) is 0.371. The van der Waals surface area contributed by atoms with Gasteiger partial charge in [-0.15, -0.1) is 0 Å². The molecule has 0 spiro atoms. The second kappa shape index (κ2) is 4.92. The van der Waals surface area contributed by atoms with E-state index < -0.39 is 23.2 Å². The van der Waals surface area contributed by atoms with Crippen molar-refractivity contribution in [2.45, 2.75) is 57.8 Å². The molecule has 1 saturated carbocycles.